The maximum atomic E-state index is 11.6. The van der Waals surface area contributed by atoms with Gasteiger partial charge in [-0.3, -0.25) is 9.59 Å². The van der Waals surface area contributed by atoms with Crippen molar-refractivity contribution in [2.75, 3.05) is 19.6 Å². The number of rotatable bonds is 3. The maximum absolute atomic E-state index is 11.6. The summed E-state index contributed by atoms with van der Waals surface area (Å²) in [5.41, 5.74) is 5.27. The molecule has 1 atom stereocenters. The molecule has 0 aliphatic carbocycles. The van der Waals surface area contributed by atoms with Gasteiger partial charge in [0.15, 0.2) is 0 Å². The van der Waals surface area contributed by atoms with Crippen molar-refractivity contribution < 1.29 is 9.59 Å². The molecule has 0 bridgehead atoms. The standard InChI is InChI=1S/C9H17N3O2/c1-7(13)12-6-2-3-8(12)9(14)11-5-4-10/h8H,2-6,10H2,1H3,(H,11,14). The van der Waals surface area contributed by atoms with E-state index in [-0.39, 0.29) is 17.9 Å². The van der Waals surface area contributed by atoms with E-state index in [1.807, 2.05) is 0 Å². The van der Waals surface area contributed by atoms with Crippen molar-refractivity contribution in [3.63, 3.8) is 0 Å². The molecule has 0 aromatic carbocycles. The largest absolute Gasteiger partial charge is 0.353 e. The van der Waals surface area contributed by atoms with Crippen LogP contribution in [-0.4, -0.2) is 42.4 Å². The van der Waals surface area contributed by atoms with Gasteiger partial charge in [0.25, 0.3) is 0 Å². The topological polar surface area (TPSA) is 75.4 Å². The van der Waals surface area contributed by atoms with E-state index >= 15 is 0 Å². The van der Waals surface area contributed by atoms with Crippen molar-refractivity contribution in [3.8, 4) is 0 Å². The summed E-state index contributed by atoms with van der Waals surface area (Å²) in [6.07, 6.45) is 1.66. The second-order valence-electron chi connectivity index (χ2n) is 3.45. The Kier molecular flexibility index (Phi) is 3.88. The molecule has 1 unspecified atom stereocenters. The van der Waals surface area contributed by atoms with Crippen molar-refractivity contribution in [1.29, 1.82) is 0 Å². The zero-order valence-electron chi connectivity index (χ0n) is 8.45. The summed E-state index contributed by atoms with van der Waals surface area (Å²) < 4.78 is 0. The lowest BCUT2D eigenvalue weighted by atomic mass is 10.2. The molecule has 14 heavy (non-hydrogen) atoms. The molecule has 1 fully saturated rings. The summed E-state index contributed by atoms with van der Waals surface area (Å²) in [4.78, 5) is 24.3. The smallest absolute Gasteiger partial charge is 0.242 e. The van der Waals surface area contributed by atoms with Crippen LogP contribution in [-0.2, 0) is 9.59 Å². The Morgan fingerprint density at radius 3 is 2.86 bits per heavy atom. The van der Waals surface area contributed by atoms with Crippen LogP contribution in [0.1, 0.15) is 19.8 Å². The van der Waals surface area contributed by atoms with Gasteiger partial charge in [-0.1, -0.05) is 0 Å². The highest BCUT2D eigenvalue weighted by Gasteiger charge is 2.31. The Bertz CT molecular complexity index is 230. The van der Waals surface area contributed by atoms with Crippen LogP contribution in [0.25, 0.3) is 0 Å². The van der Waals surface area contributed by atoms with Crippen molar-refractivity contribution in [2.24, 2.45) is 5.73 Å². The average Bonchev–Trinajstić information content (AvgIpc) is 2.62. The first-order valence-electron chi connectivity index (χ1n) is 4.92. The summed E-state index contributed by atoms with van der Waals surface area (Å²) in [6, 6.07) is -0.279. The normalized spacial score (nSPS) is 21.0. The Morgan fingerprint density at radius 2 is 2.29 bits per heavy atom. The Balaban J connectivity index is 2.49. The highest BCUT2D eigenvalue weighted by Crippen LogP contribution is 2.16. The van der Waals surface area contributed by atoms with Crippen molar-refractivity contribution in [2.45, 2.75) is 25.8 Å². The van der Waals surface area contributed by atoms with Crippen LogP contribution in [0.4, 0.5) is 0 Å². The maximum Gasteiger partial charge on any atom is 0.242 e. The number of nitrogens with one attached hydrogen (secondary N) is 1. The first kappa shape index (κ1) is 11.0. The molecule has 2 amide bonds. The lowest BCUT2D eigenvalue weighted by Gasteiger charge is -2.22. The van der Waals surface area contributed by atoms with E-state index in [9.17, 15) is 9.59 Å². The summed E-state index contributed by atoms with van der Waals surface area (Å²) in [5, 5.41) is 2.70. The van der Waals surface area contributed by atoms with Gasteiger partial charge in [-0.15, -0.1) is 0 Å². The minimum atomic E-state index is -0.279. The number of nitrogens with zero attached hydrogens (tertiary/aromatic N) is 1. The minimum absolute atomic E-state index is 0.0320. The fourth-order valence-corrected chi connectivity index (χ4v) is 1.73. The van der Waals surface area contributed by atoms with Gasteiger partial charge in [-0.25, -0.2) is 0 Å². The molecule has 1 saturated heterocycles. The first-order chi connectivity index (χ1) is 6.66. The highest BCUT2D eigenvalue weighted by atomic mass is 16.2. The monoisotopic (exact) mass is 199 g/mol. The second-order valence-corrected chi connectivity index (χ2v) is 3.45. The van der Waals surface area contributed by atoms with E-state index in [1.165, 1.54) is 6.92 Å². The van der Waals surface area contributed by atoms with Crippen LogP contribution in [0, 0.1) is 0 Å². The second kappa shape index (κ2) is 4.95. The predicted molar refractivity (Wildman–Crippen MR) is 52.5 cm³/mol. The molecule has 0 spiro atoms. The molecule has 3 N–H and O–H groups in total. The molecule has 1 aliphatic heterocycles. The predicted octanol–water partition coefficient (Wildman–Crippen LogP) is -0.928. The van der Waals surface area contributed by atoms with Gasteiger partial charge in [-0.2, -0.15) is 0 Å². The van der Waals surface area contributed by atoms with Crippen LogP contribution in [0.3, 0.4) is 0 Å². The molecule has 0 aromatic heterocycles. The summed E-state index contributed by atoms with van der Waals surface area (Å²) in [5.74, 6) is -0.112. The fraction of sp³-hybridized carbons (Fsp3) is 0.778. The third-order valence-corrected chi connectivity index (χ3v) is 2.40. The number of likely N-dealkylation sites (tertiary alicyclic amines) is 1. The third-order valence-electron chi connectivity index (χ3n) is 2.40. The van der Waals surface area contributed by atoms with Crippen LogP contribution < -0.4 is 11.1 Å². The van der Waals surface area contributed by atoms with Crippen molar-refractivity contribution >= 4 is 11.8 Å². The Morgan fingerprint density at radius 1 is 1.57 bits per heavy atom. The lowest BCUT2D eigenvalue weighted by Crippen LogP contribution is -2.46. The number of amides is 2. The quantitative estimate of drug-likeness (QED) is 0.616. The molecule has 1 rings (SSSR count). The zero-order valence-corrected chi connectivity index (χ0v) is 8.45. The van der Waals surface area contributed by atoms with Gasteiger partial charge >= 0.3 is 0 Å². The van der Waals surface area contributed by atoms with E-state index < -0.39 is 0 Å². The summed E-state index contributed by atoms with van der Waals surface area (Å²) >= 11 is 0. The van der Waals surface area contributed by atoms with Crippen molar-refractivity contribution in [3.05, 3.63) is 0 Å². The van der Waals surface area contributed by atoms with Gasteiger partial charge in [-0.05, 0) is 12.8 Å². The van der Waals surface area contributed by atoms with Gasteiger partial charge in [0.2, 0.25) is 11.8 Å². The average molecular weight is 199 g/mol. The van der Waals surface area contributed by atoms with Crippen LogP contribution >= 0.6 is 0 Å². The van der Waals surface area contributed by atoms with Gasteiger partial charge in [0.1, 0.15) is 6.04 Å². The van der Waals surface area contributed by atoms with Gasteiger partial charge in [0, 0.05) is 26.6 Å². The van der Waals surface area contributed by atoms with E-state index in [0.717, 1.165) is 12.8 Å². The van der Waals surface area contributed by atoms with Crippen LogP contribution in [0.5, 0.6) is 0 Å². The number of hydrogen-bond donors (Lipinski definition) is 2. The first-order valence-corrected chi connectivity index (χ1v) is 4.92. The molecule has 0 saturated carbocycles. The molecular formula is C9H17N3O2. The number of carbonyl (C=O) groups is 2. The molecule has 5 heteroatoms. The summed E-state index contributed by atoms with van der Waals surface area (Å²) in [6.45, 7) is 3.09. The van der Waals surface area contributed by atoms with Gasteiger partial charge < -0.3 is 16.0 Å². The zero-order chi connectivity index (χ0) is 10.6. The van der Waals surface area contributed by atoms with Crippen LogP contribution in [0.15, 0.2) is 0 Å². The number of carbonyl (C=O) groups excluding carboxylic acids is 2. The highest BCUT2D eigenvalue weighted by molar-refractivity contribution is 5.87. The van der Waals surface area contributed by atoms with Gasteiger partial charge in [0.05, 0.1) is 0 Å². The Labute approximate surface area is 83.6 Å². The minimum Gasteiger partial charge on any atom is -0.353 e. The van der Waals surface area contributed by atoms with E-state index in [1.54, 1.807) is 4.90 Å². The Hall–Kier alpha value is -1.10. The van der Waals surface area contributed by atoms with E-state index in [2.05, 4.69) is 5.32 Å². The van der Waals surface area contributed by atoms with Crippen molar-refractivity contribution in [1.82, 2.24) is 10.2 Å². The molecular weight excluding hydrogens is 182 g/mol. The number of hydrogen-bond acceptors (Lipinski definition) is 3. The lowest BCUT2D eigenvalue weighted by molar-refractivity contribution is -0.136. The molecule has 1 aliphatic rings. The SMILES string of the molecule is CC(=O)N1CCCC1C(=O)NCCN. The molecule has 80 valence electrons. The van der Waals surface area contributed by atoms with E-state index in [4.69, 9.17) is 5.73 Å². The fourth-order valence-electron chi connectivity index (χ4n) is 1.73. The molecule has 0 aromatic rings. The number of nitrogens with two attached hydrogens (primary N) is 1. The molecule has 5 nitrogen and oxygen atoms in total. The van der Waals surface area contributed by atoms with Crippen LogP contribution in [0.2, 0.25) is 0 Å². The third kappa shape index (κ3) is 2.45. The molecule has 1 heterocycles. The molecule has 0 radical (unpaired) electrons. The van der Waals surface area contributed by atoms with E-state index in [0.29, 0.717) is 19.6 Å². The summed E-state index contributed by atoms with van der Waals surface area (Å²) in [7, 11) is 0.